The Balaban J connectivity index is 0. The summed E-state index contributed by atoms with van der Waals surface area (Å²) >= 11 is 0. The zero-order chi connectivity index (χ0) is 11.6. The Labute approximate surface area is 85.9 Å². The minimum absolute atomic E-state index is 0.351. The Morgan fingerprint density at radius 2 is 1.14 bits per heavy atom. The minimum Gasteiger partial charge on any atom is -0.171 e. The highest BCUT2D eigenvalue weighted by Gasteiger charge is 2.39. The fourth-order valence-corrected chi connectivity index (χ4v) is 1.43. The van der Waals surface area contributed by atoms with Crippen molar-refractivity contribution in [2.75, 3.05) is 0 Å². The molecule has 0 unspecified atom stereocenters. The first-order valence-corrected chi connectivity index (χ1v) is 5.67. The van der Waals surface area contributed by atoms with E-state index in [2.05, 4.69) is 0 Å². The second-order valence-corrected chi connectivity index (χ2v) is 2.88. The van der Waals surface area contributed by atoms with E-state index in [9.17, 15) is 13.2 Å². The largest absolute Gasteiger partial charge is 0.391 e. The fraction of sp³-hybridized carbons (Fsp3) is 1.00. The molecule has 1 aliphatic rings. The van der Waals surface area contributed by atoms with Crippen molar-refractivity contribution < 1.29 is 13.2 Å². The number of rotatable bonds is 0. The van der Waals surface area contributed by atoms with Gasteiger partial charge in [-0.3, -0.25) is 0 Å². The lowest BCUT2D eigenvalue weighted by Crippen LogP contribution is -2.24. The van der Waals surface area contributed by atoms with Gasteiger partial charge in [0.05, 0.1) is 5.92 Å². The fourth-order valence-electron chi connectivity index (χ4n) is 1.43. The van der Waals surface area contributed by atoms with E-state index in [0.29, 0.717) is 12.8 Å². The molecule has 0 spiro atoms. The lowest BCUT2D eigenvalue weighted by molar-refractivity contribution is -0.181. The summed E-state index contributed by atoms with van der Waals surface area (Å²) < 4.78 is 35.8. The topological polar surface area (TPSA) is 0 Å². The van der Waals surface area contributed by atoms with Crippen LogP contribution in [0.2, 0.25) is 0 Å². The van der Waals surface area contributed by atoms with Crippen LogP contribution >= 0.6 is 0 Å². The van der Waals surface area contributed by atoms with Gasteiger partial charge >= 0.3 is 6.18 Å². The number of halogens is 3. The second-order valence-electron chi connectivity index (χ2n) is 2.88. The zero-order valence-corrected chi connectivity index (χ0v) is 9.75. The Bertz CT molecular complexity index is 102. The molecule has 1 fully saturated rings. The Kier molecular flexibility index (Phi) is 10.8. The molecule has 0 saturated heterocycles. The van der Waals surface area contributed by atoms with Gasteiger partial charge in [0, 0.05) is 0 Å². The number of hydrogen-bond donors (Lipinski definition) is 0. The molecule has 0 amide bonds. The van der Waals surface area contributed by atoms with Crippen molar-refractivity contribution in [3.63, 3.8) is 0 Å². The summed E-state index contributed by atoms with van der Waals surface area (Å²) in [5, 5.41) is 0. The molecule has 0 aromatic carbocycles. The zero-order valence-electron chi connectivity index (χ0n) is 9.75. The van der Waals surface area contributed by atoms with Crippen LogP contribution in [-0.4, -0.2) is 6.18 Å². The van der Waals surface area contributed by atoms with E-state index in [4.69, 9.17) is 0 Å². The normalized spacial score (nSPS) is 17.4. The van der Waals surface area contributed by atoms with Gasteiger partial charge in [0.1, 0.15) is 0 Å². The summed E-state index contributed by atoms with van der Waals surface area (Å²) in [5.41, 5.74) is 0. The van der Waals surface area contributed by atoms with Gasteiger partial charge in [-0.15, -0.1) is 0 Å². The first-order chi connectivity index (χ1) is 6.61. The first kappa shape index (κ1) is 16.2. The van der Waals surface area contributed by atoms with Crippen LogP contribution < -0.4 is 0 Å². The van der Waals surface area contributed by atoms with Gasteiger partial charge in [0.25, 0.3) is 0 Å². The highest BCUT2D eigenvalue weighted by atomic mass is 19.4. The van der Waals surface area contributed by atoms with E-state index in [1.54, 1.807) is 0 Å². The van der Waals surface area contributed by atoms with Gasteiger partial charge in [0.15, 0.2) is 0 Å². The van der Waals surface area contributed by atoms with Gasteiger partial charge in [-0.05, 0) is 12.8 Å². The van der Waals surface area contributed by atoms with Crippen LogP contribution in [0.15, 0.2) is 0 Å². The third kappa shape index (κ3) is 7.22. The monoisotopic (exact) mass is 212 g/mol. The van der Waals surface area contributed by atoms with Crippen LogP contribution in [0.4, 0.5) is 13.2 Å². The summed E-state index contributed by atoms with van der Waals surface area (Å²) in [4.78, 5) is 0. The Morgan fingerprint density at radius 3 is 1.36 bits per heavy atom. The Hall–Kier alpha value is -0.210. The van der Waals surface area contributed by atoms with Crippen LogP contribution in [0.25, 0.3) is 0 Å². The summed E-state index contributed by atoms with van der Waals surface area (Å²) in [6, 6.07) is 0. The number of alkyl halides is 3. The minimum atomic E-state index is -3.93. The molecule has 0 aromatic heterocycles. The molecule has 3 heteroatoms. The molecule has 1 aliphatic carbocycles. The maximum Gasteiger partial charge on any atom is 0.391 e. The van der Waals surface area contributed by atoms with Crippen molar-refractivity contribution in [3.8, 4) is 0 Å². The third-order valence-corrected chi connectivity index (χ3v) is 2.07. The molecular formula is C11H23F3. The van der Waals surface area contributed by atoms with Gasteiger partial charge in [-0.1, -0.05) is 47.0 Å². The molecule has 14 heavy (non-hydrogen) atoms. The van der Waals surface area contributed by atoms with Crippen molar-refractivity contribution in [3.05, 3.63) is 0 Å². The molecule has 1 rings (SSSR count). The molecule has 0 aliphatic heterocycles. The predicted octanol–water partition coefficient (Wildman–Crippen LogP) is 5.18. The van der Waals surface area contributed by atoms with Gasteiger partial charge in [-0.2, -0.15) is 13.2 Å². The second kappa shape index (κ2) is 9.35. The van der Waals surface area contributed by atoms with E-state index in [-0.39, 0.29) is 0 Å². The summed E-state index contributed by atoms with van der Waals surface area (Å²) in [6.45, 7) is 8.00. The van der Waals surface area contributed by atoms with E-state index in [0.717, 1.165) is 19.3 Å². The molecule has 0 atom stereocenters. The highest BCUT2D eigenvalue weighted by Crippen LogP contribution is 2.37. The first-order valence-electron chi connectivity index (χ1n) is 5.67. The molecule has 0 bridgehead atoms. The van der Waals surface area contributed by atoms with E-state index in [1.165, 1.54) is 0 Å². The molecular weight excluding hydrogens is 189 g/mol. The summed E-state index contributed by atoms with van der Waals surface area (Å²) in [5.74, 6) is -0.999. The molecule has 0 N–H and O–H groups in total. The van der Waals surface area contributed by atoms with Crippen LogP contribution in [0, 0.1) is 5.92 Å². The summed E-state index contributed by atoms with van der Waals surface area (Å²) in [7, 11) is 0. The van der Waals surface area contributed by atoms with Crippen molar-refractivity contribution in [2.45, 2.75) is 66.0 Å². The maximum absolute atomic E-state index is 11.9. The van der Waals surface area contributed by atoms with Crippen molar-refractivity contribution >= 4 is 0 Å². The van der Waals surface area contributed by atoms with Gasteiger partial charge in [-0.25, -0.2) is 0 Å². The maximum atomic E-state index is 11.9. The standard InChI is InChI=1S/C7H11F3.2C2H6/c8-7(9,10)6-4-2-1-3-5-6;2*1-2/h6H,1-5H2;2*1-2H3. The van der Waals surface area contributed by atoms with E-state index >= 15 is 0 Å². The lowest BCUT2D eigenvalue weighted by atomic mass is 9.89. The quantitative estimate of drug-likeness (QED) is 0.519. The van der Waals surface area contributed by atoms with Crippen LogP contribution in [0.1, 0.15) is 59.8 Å². The third-order valence-electron chi connectivity index (χ3n) is 2.07. The molecule has 88 valence electrons. The predicted molar refractivity (Wildman–Crippen MR) is 55.3 cm³/mol. The van der Waals surface area contributed by atoms with E-state index in [1.807, 2.05) is 27.7 Å². The highest BCUT2D eigenvalue weighted by molar-refractivity contribution is 4.71. The molecule has 0 radical (unpaired) electrons. The van der Waals surface area contributed by atoms with Crippen LogP contribution in [0.3, 0.4) is 0 Å². The van der Waals surface area contributed by atoms with Gasteiger partial charge < -0.3 is 0 Å². The number of hydrogen-bond acceptors (Lipinski definition) is 0. The van der Waals surface area contributed by atoms with Crippen LogP contribution in [0.5, 0.6) is 0 Å². The van der Waals surface area contributed by atoms with Crippen molar-refractivity contribution in [1.82, 2.24) is 0 Å². The molecule has 1 saturated carbocycles. The molecule has 0 aromatic rings. The van der Waals surface area contributed by atoms with Gasteiger partial charge in [0.2, 0.25) is 0 Å². The Morgan fingerprint density at radius 1 is 0.786 bits per heavy atom. The molecule has 0 heterocycles. The smallest absolute Gasteiger partial charge is 0.171 e. The molecule has 0 nitrogen and oxygen atoms in total. The summed E-state index contributed by atoms with van der Waals surface area (Å²) in [6.07, 6.45) is -0.742. The average molecular weight is 212 g/mol. The van der Waals surface area contributed by atoms with Crippen LogP contribution in [-0.2, 0) is 0 Å². The SMILES string of the molecule is CC.CC.FC(F)(F)C1CCCCC1. The lowest BCUT2D eigenvalue weighted by Gasteiger charge is -2.23. The van der Waals surface area contributed by atoms with E-state index < -0.39 is 12.1 Å². The van der Waals surface area contributed by atoms with Crippen molar-refractivity contribution in [2.24, 2.45) is 5.92 Å². The van der Waals surface area contributed by atoms with Crippen molar-refractivity contribution in [1.29, 1.82) is 0 Å². The average Bonchev–Trinajstić information content (AvgIpc) is 2.24.